The minimum atomic E-state index is -0.462. The molecule has 19 heavy (non-hydrogen) atoms. The summed E-state index contributed by atoms with van der Waals surface area (Å²) in [5, 5.41) is 14.4. The molecule has 1 N–H and O–H groups in total. The maximum absolute atomic E-state index is 10.7. The van der Waals surface area contributed by atoms with E-state index in [9.17, 15) is 10.1 Å². The van der Waals surface area contributed by atoms with Crippen LogP contribution in [-0.2, 0) is 0 Å². The molecule has 0 aromatic heterocycles. The Morgan fingerprint density at radius 3 is 2.74 bits per heavy atom. The molecule has 104 valence electrons. The van der Waals surface area contributed by atoms with Crippen molar-refractivity contribution >= 4 is 23.0 Å². The Balaban J connectivity index is 2.15. The van der Waals surface area contributed by atoms with Crippen LogP contribution in [0.1, 0.15) is 39.5 Å². The van der Waals surface area contributed by atoms with Crippen LogP contribution in [0.5, 0.6) is 0 Å². The number of anilines is 1. The van der Waals surface area contributed by atoms with Crippen LogP contribution in [0.15, 0.2) is 18.2 Å². The Labute approximate surface area is 118 Å². The smallest absolute Gasteiger partial charge is 0.288 e. The molecule has 1 aliphatic carbocycles. The quantitative estimate of drug-likeness (QED) is 0.649. The number of nitro benzene ring substituents is 1. The summed E-state index contributed by atoms with van der Waals surface area (Å²) in [6.45, 7) is 4.52. The van der Waals surface area contributed by atoms with Crippen molar-refractivity contribution < 1.29 is 4.92 Å². The standard InChI is InChI=1S/C14H19ClN2O2/c1-14(2)8-4-3-5-13(14)16-10-6-7-12(17(18)19)11(15)9-10/h6-7,9,13,16H,3-5,8H2,1-2H3. The van der Waals surface area contributed by atoms with E-state index < -0.39 is 4.92 Å². The molecule has 0 bridgehead atoms. The maximum atomic E-state index is 10.7. The third-order valence-corrected chi connectivity index (χ3v) is 4.30. The fourth-order valence-electron chi connectivity index (χ4n) is 2.71. The van der Waals surface area contributed by atoms with Gasteiger partial charge >= 0.3 is 0 Å². The minimum absolute atomic E-state index is 0.0462. The summed E-state index contributed by atoms with van der Waals surface area (Å²) >= 11 is 5.93. The lowest BCUT2D eigenvalue weighted by Gasteiger charge is -2.39. The molecule has 4 nitrogen and oxygen atoms in total. The van der Waals surface area contributed by atoms with Gasteiger partial charge in [0, 0.05) is 17.8 Å². The molecule has 1 aromatic carbocycles. The van der Waals surface area contributed by atoms with Crippen molar-refractivity contribution in [2.45, 2.75) is 45.6 Å². The Hall–Kier alpha value is -1.29. The van der Waals surface area contributed by atoms with Crippen molar-refractivity contribution in [1.82, 2.24) is 0 Å². The highest BCUT2D eigenvalue weighted by atomic mass is 35.5. The summed E-state index contributed by atoms with van der Waals surface area (Å²) in [6, 6.07) is 5.22. The van der Waals surface area contributed by atoms with Crippen LogP contribution in [0.25, 0.3) is 0 Å². The number of hydrogen-bond acceptors (Lipinski definition) is 3. The number of halogens is 1. The molecule has 1 atom stereocenters. The topological polar surface area (TPSA) is 55.2 Å². The molecule has 0 amide bonds. The van der Waals surface area contributed by atoms with Crippen molar-refractivity contribution in [3.05, 3.63) is 33.3 Å². The van der Waals surface area contributed by atoms with E-state index >= 15 is 0 Å². The van der Waals surface area contributed by atoms with E-state index in [1.165, 1.54) is 25.3 Å². The van der Waals surface area contributed by atoms with Crippen LogP contribution >= 0.6 is 11.6 Å². The van der Waals surface area contributed by atoms with Crippen LogP contribution < -0.4 is 5.32 Å². The van der Waals surface area contributed by atoms with Crippen LogP contribution in [0.2, 0.25) is 5.02 Å². The molecule has 1 fully saturated rings. The monoisotopic (exact) mass is 282 g/mol. The lowest BCUT2D eigenvalue weighted by molar-refractivity contribution is -0.384. The maximum Gasteiger partial charge on any atom is 0.288 e. The first-order valence-corrected chi connectivity index (χ1v) is 6.98. The molecule has 1 aliphatic rings. The van der Waals surface area contributed by atoms with E-state index in [0.717, 1.165) is 12.1 Å². The second kappa shape index (κ2) is 5.37. The second-order valence-electron chi connectivity index (χ2n) is 5.85. The van der Waals surface area contributed by atoms with Gasteiger partial charge in [-0.05, 0) is 30.4 Å². The van der Waals surface area contributed by atoms with E-state index in [1.807, 2.05) is 0 Å². The zero-order valence-electron chi connectivity index (χ0n) is 11.3. The zero-order chi connectivity index (χ0) is 14.0. The van der Waals surface area contributed by atoms with Gasteiger partial charge in [-0.25, -0.2) is 0 Å². The summed E-state index contributed by atoms with van der Waals surface area (Å²) in [5.41, 5.74) is 1.05. The van der Waals surface area contributed by atoms with Gasteiger partial charge in [-0.3, -0.25) is 10.1 Å². The highest BCUT2D eigenvalue weighted by Gasteiger charge is 2.32. The van der Waals surface area contributed by atoms with Crippen LogP contribution in [0.4, 0.5) is 11.4 Å². The number of benzene rings is 1. The van der Waals surface area contributed by atoms with Crippen LogP contribution in [-0.4, -0.2) is 11.0 Å². The minimum Gasteiger partial charge on any atom is -0.382 e. The fraction of sp³-hybridized carbons (Fsp3) is 0.571. The van der Waals surface area contributed by atoms with E-state index in [2.05, 4.69) is 19.2 Å². The van der Waals surface area contributed by atoms with Crippen molar-refractivity contribution in [3.8, 4) is 0 Å². The summed E-state index contributed by atoms with van der Waals surface area (Å²) in [6.07, 6.45) is 4.82. The predicted octanol–water partition coefficient (Wildman–Crippen LogP) is 4.63. The van der Waals surface area contributed by atoms with Gasteiger partial charge < -0.3 is 5.32 Å². The molecule has 2 rings (SSSR count). The van der Waals surface area contributed by atoms with Gasteiger partial charge in [0.05, 0.1) is 4.92 Å². The SMILES string of the molecule is CC1(C)CCCCC1Nc1ccc([N+](=O)[O-])c(Cl)c1. The van der Waals surface area contributed by atoms with E-state index in [-0.39, 0.29) is 16.1 Å². The third-order valence-electron chi connectivity index (χ3n) is 3.99. The van der Waals surface area contributed by atoms with Gasteiger partial charge in [-0.15, -0.1) is 0 Å². The first-order valence-electron chi connectivity index (χ1n) is 6.60. The molecular formula is C14H19ClN2O2. The Morgan fingerprint density at radius 2 is 2.16 bits per heavy atom. The lowest BCUT2D eigenvalue weighted by atomic mass is 9.73. The average Bonchev–Trinajstić information content (AvgIpc) is 2.31. The first kappa shape index (κ1) is 14.1. The van der Waals surface area contributed by atoms with Crippen molar-refractivity contribution in [2.75, 3.05) is 5.32 Å². The summed E-state index contributed by atoms with van der Waals surface area (Å²) in [7, 11) is 0. The van der Waals surface area contributed by atoms with Gasteiger partial charge in [0.25, 0.3) is 5.69 Å². The molecule has 0 spiro atoms. The van der Waals surface area contributed by atoms with Crippen LogP contribution in [0.3, 0.4) is 0 Å². The zero-order valence-corrected chi connectivity index (χ0v) is 12.0. The fourth-order valence-corrected chi connectivity index (χ4v) is 2.96. The molecule has 1 unspecified atom stereocenters. The Morgan fingerprint density at radius 1 is 1.42 bits per heavy atom. The van der Waals surface area contributed by atoms with Crippen LogP contribution in [0, 0.1) is 15.5 Å². The normalized spacial score (nSPS) is 21.9. The summed E-state index contributed by atoms with van der Waals surface area (Å²) < 4.78 is 0. The largest absolute Gasteiger partial charge is 0.382 e. The molecule has 0 radical (unpaired) electrons. The molecule has 1 aromatic rings. The van der Waals surface area contributed by atoms with Gasteiger partial charge in [-0.1, -0.05) is 38.3 Å². The molecule has 0 aliphatic heterocycles. The summed E-state index contributed by atoms with van der Waals surface area (Å²) in [5.74, 6) is 0. The molecule has 5 heteroatoms. The molecule has 0 heterocycles. The highest BCUT2D eigenvalue weighted by Crippen LogP contribution is 2.38. The van der Waals surface area contributed by atoms with Gasteiger partial charge in [0.1, 0.15) is 5.02 Å². The van der Waals surface area contributed by atoms with Gasteiger partial charge in [-0.2, -0.15) is 0 Å². The van der Waals surface area contributed by atoms with Gasteiger partial charge in [0.2, 0.25) is 0 Å². The number of rotatable bonds is 3. The Kier molecular flexibility index (Phi) is 3.99. The predicted molar refractivity (Wildman–Crippen MR) is 77.8 cm³/mol. The number of hydrogen-bond donors (Lipinski definition) is 1. The van der Waals surface area contributed by atoms with Crippen molar-refractivity contribution in [3.63, 3.8) is 0 Å². The number of nitrogens with one attached hydrogen (secondary N) is 1. The third kappa shape index (κ3) is 3.18. The lowest BCUT2D eigenvalue weighted by Crippen LogP contribution is -2.38. The molecule has 1 saturated carbocycles. The second-order valence-corrected chi connectivity index (χ2v) is 6.26. The van der Waals surface area contributed by atoms with Gasteiger partial charge in [0.15, 0.2) is 0 Å². The average molecular weight is 283 g/mol. The van der Waals surface area contributed by atoms with Crippen molar-refractivity contribution in [2.24, 2.45) is 5.41 Å². The Bertz CT molecular complexity index is 488. The van der Waals surface area contributed by atoms with Crippen molar-refractivity contribution in [1.29, 1.82) is 0 Å². The summed E-state index contributed by atoms with van der Waals surface area (Å²) in [4.78, 5) is 10.3. The molecular weight excluding hydrogens is 264 g/mol. The molecule has 0 saturated heterocycles. The van der Waals surface area contributed by atoms with E-state index in [1.54, 1.807) is 12.1 Å². The van der Waals surface area contributed by atoms with E-state index in [0.29, 0.717) is 6.04 Å². The number of nitrogens with zero attached hydrogens (tertiary/aromatic N) is 1. The van der Waals surface area contributed by atoms with E-state index in [4.69, 9.17) is 11.6 Å². The first-order chi connectivity index (χ1) is 8.90. The number of nitro groups is 1. The highest BCUT2D eigenvalue weighted by molar-refractivity contribution is 6.32.